The fourth-order valence-electron chi connectivity index (χ4n) is 1.93. The summed E-state index contributed by atoms with van der Waals surface area (Å²) in [5, 5.41) is 4.89. The van der Waals surface area contributed by atoms with Gasteiger partial charge in [0.2, 0.25) is 0 Å². The molecule has 0 aliphatic heterocycles. The quantitative estimate of drug-likeness (QED) is 0.853. The summed E-state index contributed by atoms with van der Waals surface area (Å²) in [6.07, 6.45) is 0. The Labute approximate surface area is 135 Å². The van der Waals surface area contributed by atoms with Gasteiger partial charge in [-0.3, -0.25) is 4.79 Å². The highest BCUT2D eigenvalue weighted by Gasteiger charge is 2.09. The van der Waals surface area contributed by atoms with Crippen molar-refractivity contribution in [2.24, 2.45) is 0 Å². The van der Waals surface area contributed by atoms with E-state index in [1.165, 1.54) is 11.3 Å². The molecule has 1 heterocycles. The monoisotopic (exact) mass is 318 g/mol. The van der Waals surface area contributed by atoms with Crippen molar-refractivity contribution in [2.75, 3.05) is 27.2 Å². The number of amides is 1. The second-order valence-electron chi connectivity index (χ2n) is 5.43. The van der Waals surface area contributed by atoms with Gasteiger partial charge >= 0.3 is 0 Å². The summed E-state index contributed by atoms with van der Waals surface area (Å²) in [5.41, 5.74) is 2.13. The highest BCUT2D eigenvalue weighted by molar-refractivity contribution is 7.12. The molecule has 0 radical (unpaired) electrons. The minimum absolute atomic E-state index is 0.0195. The number of para-hydroxylation sites is 1. The van der Waals surface area contributed by atoms with Crippen LogP contribution in [0.3, 0.4) is 0 Å². The number of hydrogen-bond donors (Lipinski definition) is 1. The molecule has 5 heteroatoms. The molecule has 0 saturated carbocycles. The lowest BCUT2D eigenvalue weighted by Crippen LogP contribution is -2.30. The molecular formula is C17H22N2O2S. The summed E-state index contributed by atoms with van der Waals surface area (Å²) in [6.45, 7) is 3.98. The van der Waals surface area contributed by atoms with Crippen LogP contribution in [0.15, 0.2) is 35.7 Å². The highest BCUT2D eigenvalue weighted by Crippen LogP contribution is 2.20. The Hall–Kier alpha value is -1.85. The van der Waals surface area contributed by atoms with Crippen LogP contribution >= 0.6 is 11.3 Å². The number of nitrogens with zero attached hydrogens (tertiary/aromatic N) is 1. The average Bonchev–Trinajstić information content (AvgIpc) is 2.95. The van der Waals surface area contributed by atoms with Crippen molar-refractivity contribution >= 4 is 17.2 Å². The number of hydrogen-bond acceptors (Lipinski definition) is 4. The van der Waals surface area contributed by atoms with Gasteiger partial charge in [-0.25, -0.2) is 0 Å². The van der Waals surface area contributed by atoms with E-state index in [0.29, 0.717) is 13.2 Å². The molecule has 118 valence electrons. The van der Waals surface area contributed by atoms with Crippen LogP contribution < -0.4 is 10.1 Å². The first kappa shape index (κ1) is 16.5. The molecule has 1 aromatic heterocycles. The summed E-state index contributed by atoms with van der Waals surface area (Å²) in [7, 11) is 3.97. The van der Waals surface area contributed by atoms with Gasteiger partial charge in [0.25, 0.3) is 5.91 Å². The first-order chi connectivity index (χ1) is 10.6. The third-order valence-electron chi connectivity index (χ3n) is 3.21. The predicted octanol–water partition coefficient (Wildman–Crippen LogP) is 2.93. The summed E-state index contributed by atoms with van der Waals surface area (Å²) in [6, 6.07) is 9.82. The predicted molar refractivity (Wildman–Crippen MR) is 90.7 cm³/mol. The Kier molecular flexibility index (Phi) is 5.98. The third-order valence-corrected chi connectivity index (χ3v) is 4.19. The number of ether oxygens (including phenoxy) is 1. The molecule has 0 bridgehead atoms. The Morgan fingerprint density at radius 2 is 2.09 bits per heavy atom. The SMILES string of the molecule is Cc1ccccc1OCc1csc(C(=O)NCCN(C)C)c1. The lowest BCUT2D eigenvalue weighted by molar-refractivity contribution is 0.0955. The number of aryl methyl sites for hydroxylation is 1. The number of benzene rings is 1. The fraction of sp³-hybridized carbons (Fsp3) is 0.353. The number of thiophene rings is 1. The van der Waals surface area contributed by atoms with Gasteiger partial charge in [0.1, 0.15) is 12.4 Å². The molecule has 0 aliphatic carbocycles. The lowest BCUT2D eigenvalue weighted by Gasteiger charge is -2.09. The van der Waals surface area contributed by atoms with E-state index in [1.54, 1.807) is 0 Å². The molecule has 0 aliphatic rings. The van der Waals surface area contributed by atoms with Gasteiger partial charge in [-0.05, 0) is 44.1 Å². The summed E-state index contributed by atoms with van der Waals surface area (Å²) >= 11 is 1.45. The van der Waals surface area contributed by atoms with Gasteiger partial charge in [-0.2, -0.15) is 0 Å². The molecule has 1 N–H and O–H groups in total. The van der Waals surface area contributed by atoms with E-state index in [2.05, 4.69) is 5.32 Å². The van der Waals surface area contributed by atoms with Gasteiger partial charge in [0.15, 0.2) is 0 Å². The Bertz CT molecular complexity index is 623. The van der Waals surface area contributed by atoms with Crippen molar-refractivity contribution < 1.29 is 9.53 Å². The van der Waals surface area contributed by atoms with Crippen LogP contribution in [0.4, 0.5) is 0 Å². The van der Waals surface area contributed by atoms with E-state index < -0.39 is 0 Å². The molecule has 0 fully saturated rings. The lowest BCUT2D eigenvalue weighted by atomic mass is 10.2. The van der Waals surface area contributed by atoms with E-state index in [9.17, 15) is 4.79 Å². The van der Waals surface area contributed by atoms with Crippen LogP contribution in [-0.4, -0.2) is 38.0 Å². The van der Waals surface area contributed by atoms with Gasteiger partial charge < -0.3 is 15.0 Å². The van der Waals surface area contributed by atoms with E-state index in [1.807, 2.05) is 61.6 Å². The van der Waals surface area contributed by atoms with Crippen LogP contribution in [0.5, 0.6) is 5.75 Å². The van der Waals surface area contributed by atoms with Crippen molar-refractivity contribution in [3.8, 4) is 5.75 Å². The second kappa shape index (κ2) is 7.96. The molecule has 1 aromatic carbocycles. The van der Waals surface area contributed by atoms with Gasteiger partial charge in [-0.1, -0.05) is 18.2 Å². The Morgan fingerprint density at radius 3 is 2.82 bits per heavy atom. The molecule has 4 nitrogen and oxygen atoms in total. The number of rotatable bonds is 7. The number of carbonyl (C=O) groups is 1. The first-order valence-corrected chi connectivity index (χ1v) is 8.13. The summed E-state index contributed by atoms with van der Waals surface area (Å²) in [4.78, 5) is 14.8. The van der Waals surface area contributed by atoms with Crippen molar-refractivity contribution in [3.63, 3.8) is 0 Å². The van der Waals surface area contributed by atoms with Crippen molar-refractivity contribution in [1.29, 1.82) is 0 Å². The minimum atomic E-state index is -0.0195. The summed E-state index contributed by atoms with van der Waals surface area (Å²) < 4.78 is 5.80. The van der Waals surface area contributed by atoms with Crippen LogP contribution in [0, 0.1) is 6.92 Å². The molecule has 0 atom stereocenters. The molecule has 2 rings (SSSR count). The minimum Gasteiger partial charge on any atom is -0.489 e. The van der Waals surface area contributed by atoms with Crippen LogP contribution in [0.25, 0.3) is 0 Å². The van der Waals surface area contributed by atoms with E-state index in [4.69, 9.17) is 4.74 Å². The third kappa shape index (κ3) is 4.86. The largest absolute Gasteiger partial charge is 0.489 e. The zero-order valence-corrected chi connectivity index (χ0v) is 14.1. The molecule has 0 unspecified atom stereocenters. The van der Waals surface area contributed by atoms with Crippen LogP contribution in [-0.2, 0) is 6.61 Å². The van der Waals surface area contributed by atoms with E-state index >= 15 is 0 Å². The number of nitrogens with one attached hydrogen (secondary N) is 1. The van der Waals surface area contributed by atoms with Crippen molar-refractivity contribution in [3.05, 3.63) is 51.7 Å². The highest BCUT2D eigenvalue weighted by atomic mass is 32.1. The van der Waals surface area contributed by atoms with Crippen molar-refractivity contribution in [2.45, 2.75) is 13.5 Å². The van der Waals surface area contributed by atoms with Crippen LogP contribution in [0.1, 0.15) is 20.8 Å². The Morgan fingerprint density at radius 1 is 1.32 bits per heavy atom. The normalized spacial score (nSPS) is 10.7. The topological polar surface area (TPSA) is 41.6 Å². The Balaban J connectivity index is 1.86. The first-order valence-electron chi connectivity index (χ1n) is 7.25. The van der Waals surface area contributed by atoms with Crippen molar-refractivity contribution in [1.82, 2.24) is 10.2 Å². The molecular weight excluding hydrogens is 296 g/mol. The number of likely N-dealkylation sites (N-methyl/N-ethyl adjacent to an activating group) is 1. The zero-order chi connectivity index (χ0) is 15.9. The maximum Gasteiger partial charge on any atom is 0.261 e. The molecule has 0 spiro atoms. The molecule has 2 aromatic rings. The standard InChI is InChI=1S/C17H22N2O2S/c1-13-6-4-5-7-15(13)21-11-14-10-16(22-12-14)17(20)18-8-9-19(2)3/h4-7,10,12H,8-9,11H2,1-3H3,(H,18,20). The van der Waals surface area contributed by atoms with Gasteiger partial charge in [-0.15, -0.1) is 11.3 Å². The van der Waals surface area contributed by atoms with Crippen LogP contribution in [0.2, 0.25) is 0 Å². The summed E-state index contributed by atoms with van der Waals surface area (Å²) in [5.74, 6) is 0.861. The smallest absolute Gasteiger partial charge is 0.261 e. The van der Waals surface area contributed by atoms with E-state index in [0.717, 1.165) is 28.3 Å². The van der Waals surface area contributed by atoms with E-state index in [-0.39, 0.29) is 5.91 Å². The molecule has 1 amide bonds. The molecule has 0 saturated heterocycles. The van der Waals surface area contributed by atoms with Gasteiger partial charge in [0, 0.05) is 18.7 Å². The van der Waals surface area contributed by atoms with Gasteiger partial charge in [0.05, 0.1) is 4.88 Å². The zero-order valence-electron chi connectivity index (χ0n) is 13.3. The number of carbonyl (C=O) groups excluding carboxylic acids is 1. The maximum atomic E-state index is 12.0. The molecule has 22 heavy (non-hydrogen) atoms. The average molecular weight is 318 g/mol. The maximum absolute atomic E-state index is 12.0. The second-order valence-corrected chi connectivity index (χ2v) is 6.34. The fourth-order valence-corrected chi connectivity index (χ4v) is 2.74.